The average Bonchev–Trinajstić information content (AvgIpc) is 3.56. The number of fused-ring (bicyclic) bond motifs is 1. The molecule has 2 aliphatic rings. The van der Waals surface area contributed by atoms with Crippen LogP contribution in [0.2, 0.25) is 0 Å². The van der Waals surface area contributed by atoms with E-state index in [1.54, 1.807) is 12.3 Å². The first-order chi connectivity index (χ1) is 19.0. The van der Waals surface area contributed by atoms with Crippen molar-refractivity contribution in [3.63, 3.8) is 0 Å². The van der Waals surface area contributed by atoms with Gasteiger partial charge in [0.2, 0.25) is 12.7 Å². The van der Waals surface area contributed by atoms with Crippen LogP contribution in [0.5, 0.6) is 11.5 Å². The number of aliphatic carboxylic acids is 1. The van der Waals surface area contributed by atoms with Crippen LogP contribution in [0, 0.1) is 5.92 Å². The number of carboxylic acid groups (broad SMARTS) is 1. The molecule has 39 heavy (non-hydrogen) atoms. The molecule has 212 valence electrons. The minimum absolute atomic E-state index is 0.0181. The number of carbonyl (C=O) groups is 2. The molecular formula is C28H39N5O6. The molecular weight excluding hydrogens is 502 g/mol. The Balaban J connectivity index is 1.63. The van der Waals surface area contributed by atoms with Crippen molar-refractivity contribution in [1.29, 1.82) is 0 Å². The highest BCUT2D eigenvalue weighted by atomic mass is 16.7. The molecule has 11 heteroatoms. The number of aliphatic hydroxyl groups excluding tert-OH is 1. The molecule has 4 rings (SSSR count). The van der Waals surface area contributed by atoms with E-state index in [1.807, 2.05) is 21.9 Å². The lowest BCUT2D eigenvalue weighted by atomic mass is 9.83. The third-order valence-corrected chi connectivity index (χ3v) is 7.65. The molecule has 0 unspecified atom stereocenters. The molecule has 1 amide bonds. The second-order valence-corrected chi connectivity index (χ2v) is 10.2. The van der Waals surface area contributed by atoms with Gasteiger partial charge in [0, 0.05) is 49.0 Å². The van der Waals surface area contributed by atoms with Crippen LogP contribution in [0.4, 0.5) is 0 Å². The van der Waals surface area contributed by atoms with Gasteiger partial charge in [0.1, 0.15) is 6.33 Å². The van der Waals surface area contributed by atoms with Crippen molar-refractivity contribution in [2.75, 3.05) is 39.5 Å². The number of amides is 1. The van der Waals surface area contributed by atoms with Gasteiger partial charge in [0.05, 0.1) is 19.1 Å². The molecule has 0 spiro atoms. The summed E-state index contributed by atoms with van der Waals surface area (Å²) in [5.41, 5.74) is 7.86. The lowest BCUT2D eigenvalue weighted by Gasteiger charge is -2.29. The summed E-state index contributed by atoms with van der Waals surface area (Å²) < 4.78 is 11.1. The number of rotatable bonds is 14. The van der Waals surface area contributed by atoms with Gasteiger partial charge >= 0.3 is 5.97 Å². The number of hydrogen-bond acceptors (Lipinski definition) is 9. The molecule has 3 atom stereocenters. The lowest BCUT2D eigenvalue weighted by molar-refractivity contribution is -0.143. The van der Waals surface area contributed by atoms with Crippen molar-refractivity contribution in [2.45, 2.75) is 57.6 Å². The van der Waals surface area contributed by atoms with E-state index in [9.17, 15) is 19.8 Å². The van der Waals surface area contributed by atoms with E-state index in [1.165, 1.54) is 6.33 Å². The summed E-state index contributed by atoms with van der Waals surface area (Å²) in [6.45, 7) is 4.14. The maximum atomic E-state index is 13.5. The van der Waals surface area contributed by atoms with Crippen molar-refractivity contribution in [2.24, 2.45) is 11.7 Å². The Kier molecular flexibility index (Phi) is 10.1. The number of benzene rings is 1. The minimum Gasteiger partial charge on any atom is -0.481 e. The molecule has 1 aromatic carbocycles. The fourth-order valence-corrected chi connectivity index (χ4v) is 5.66. The lowest BCUT2D eigenvalue weighted by Crippen LogP contribution is -2.45. The summed E-state index contributed by atoms with van der Waals surface area (Å²) in [4.78, 5) is 38.4. The molecule has 0 saturated carbocycles. The van der Waals surface area contributed by atoms with Crippen LogP contribution in [0.3, 0.4) is 0 Å². The van der Waals surface area contributed by atoms with Gasteiger partial charge < -0.3 is 30.3 Å². The fraction of sp³-hybridized carbons (Fsp3) is 0.571. The first kappa shape index (κ1) is 28.7. The molecule has 0 aliphatic carbocycles. The zero-order chi connectivity index (χ0) is 27.8. The monoisotopic (exact) mass is 541 g/mol. The third kappa shape index (κ3) is 6.84. The molecule has 1 aromatic heterocycles. The number of aliphatic hydroxyl groups is 1. The normalized spacial score (nSPS) is 20.3. The van der Waals surface area contributed by atoms with Crippen LogP contribution in [-0.4, -0.2) is 87.4 Å². The molecule has 4 N–H and O–H groups in total. The van der Waals surface area contributed by atoms with Gasteiger partial charge in [-0.15, -0.1) is 0 Å². The molecule has 0 bridgehead atoms. The van der Waals surface area contributed by atoms with E-state index in [0.29, 0.717) is 62.5 Å². The molecule has 1 saturated heterocycles. The number of nitrogens with two attached hydrogens (primary N) is 1. The number of likely N-dealkylation sites (tertiary alicyclic amines) is 1. The Morgan fingerprint density at radius 2 is 2.05 bits per heavy atom. The summed E-state index contributed by atoms with van der Waals surface area (Å²) in [6.07, 6.45) is 6.81. The zero-order valence-electron chi connectivity index (χ0n) is 22.5. The van der Waals surface area contributed by atoms with Gasteiger partial charge in [0.15, 0.2) is 11.5 Å². The second kappa shape index (κ2) is 13.7. The van der Waals surface area contributed by atoms with E-state index < -0.39 is 23.8 Å². The Morgan fingerprint density at radius 3 is 2.74 bits per heavy atom. The van der Waals surface area contributed by atoms with Crippen LogP contribution in [-0.2, 0) is 22.6 Å². The van der Waals surface area contributed by atoms with Gasteiger partial charge in [-0.3, -0.25) is 14.5 Å². The largest absolute Gasteiger partial charge is 0.481 e. The Bertz CT molecular complexity index is 1110. The summed E-state index contributed by atoms with van der Waals surface area (Å²) in [7, 11) is 0. The second-order valence-electron chi connectivity index (χ2n) is 10.2. The first-order valence-corrected chi connectivity index (χ1v) is 13.7. The number of carboxylic acids is 1. The van der Waals surface area contributed by atoms with Gasteiger partial charge in [-0.25, -0.2) is 9.97 Å². The SMILES string of the molecule is CCCCN(CCCN)C(=O)CN1C[C@H](c2cc(CO)c3c(c2)OCO3)[C@@H](C(=O)O)[C@@H]1CCc1ccncn1. The molecule has 3 heterocycles. The minimum atomic E-state index is -0.920. The van der Waals surface area contributed by atoms with Gasteiger partial charge in [-0.05, 0) is 56.0 Å². The van der Waals surface area contributed by atoms with Crippen LogP contribution in [0.1, 0.15) is 55.3 Å². The van der Waals surface area contributed by atoms with Crippen LogP contribution < -0.4 is 15.2 Å². The average molecular weight is 542 g/mol. The predicted molar refractivity (Wildman–Crippen MR) is 143 cm³/mol. The number of hydrogen-bond donors (Lipinski definition) is 3. The summed E-state index contributed by atoms with van der Waals surface area (Å²) >= 11 is 0. The smallest absolute Gasteiger partial charge is 0.308 e. The first-order valence-electron chi connectivity index (χ1n) is 13.7. The van der Waals surface area contributed by atoms with Crippen LogP contribution >= 0.6 is 0 Å². The molecule has 1 fully saturated rings. The molecule has 2 aliphatic heterocycles. The van der Waals surface area contributed by atoms with Crippen LogP contribution in [0.25, 0.3) is 0 Å². The number of aromatic nitrogens is 2. The van der Waals surface area contributed by atoms with E-state index in [2.05, 4.69) is 16.9 Å². The molecule has 11 nitrogen and oxygen atoms in total. The van der Waals surface area contributed by atoms with Crippen molar-refractivity contribution in [1.82, 2.24) is 19.8 Å². The van der Waals surface area contributed by atoms with Crippen molar-refractivity contribution < 1.29 is 29.3 Å². The van der Waals surface area contributed by atoms with Gasteiger partial charge in [-0.1, -0.05) is 13.3 Å². The number of carbonyl (C=O) groups excluding carboxylic acids is 1. The Hall–Kier alpha value is -3.28. The number of ether oxygens (including phenoxy) is 2. The standard InChI is InChI=1S/C28H39N5O6/c1-2-3-10-32(11-4-8-29)25(35)15-33-14-22(19-12-20(16-34)27-24(13-19)38-18-39-27)26(28(36)37)23(33)6-5-21-7-9-30-17-31-21/h7,9,12-13,17,22-23,26,34H,2-6,8,10-11,14-16,18,29H2,1H3,(H,36,37)/t22-,23+,26-/m1/s1. The van der Waals surface area contributed by atoms with E-state index in [0.717, 1.165) is 24.1 Å². The highest BCUT2D eigenvalue weighted by molar-refractivity contribution is 5.79. The van der Waals surface area contributed by atoms with E-state index >= 15 is 0 Å². The fourth-order valence-electron chi connectivity index (χ4n) is 5.66. The summed E-state index contributed by atoms with van der Waals surface area (Å²) in [5.74, 6) is -1.11. The predicted octanol–water partition coefficient (Wildman–Crippen LogP) is 1.78. The maximum absolute atomic E-state index is 13.5. The van der Waals surface area contributed by atoms with E-state index in [4.69, 9.17) is 15.2 Å². The van der Waals surface area contributed by atoms with Gasteiger partial charge in [-0.2, -0.15) is 0 Å². The number of unbranched alkanes of at least 4 members (excludes halogenated alkanes) is 1. The maximum Gasteiger partial charge on any atom is 0.308 e. The number of aryl methyl sites for hydroxylation is 1. The summed E-state index contributed by atoms with van der Waals surface area (Å²) in [6, 6.07) is 5.04. The highest BCUT2D eigenvalue weighted by Crippen LogP contribution is 2.44. The number of nitrogens with zero attached hydrogens (tertiary/aromatic N) is 4. The molecule has 2 aromatic rings. The third-order valence-electron chi connectivity index (χ3n) is 7.65. The van der Waals surface area contributed by atoms with Crippen LogP contribution in [0.15, 0.2) is 30.7 Å². The van der Waals surface area contributed by atoms with Crippen molar-refractivity contribution in [3.05, 3.63) is 47.5 Å². The van der Waals surface area contributed by atoms with Crippen molar-refractivity contribution in [3.8, 4) is 11.5 Å². The quantitative estimate of drug-likeness (QED) is 0.323. The Morgan fingerprint density at radius 1 is 1.23 bits per heavy atom. The molecule has 0 radical (unpaired) electrons. The van der Waals surface area contributed by atoms with E-state index in [-0.39, 0.29) is 25.9 Å². The summed E-state index contributed by atoms with van der Waals surface area (Å²) in [5, 5.41) is 20.4. The van der Waals surface area contributed by atoms with Gasteiger partial charge in [0.25, 0.3) is 0 Å². The Labute approximate surface area is 228 Å². The highest BCUT2D eigenvalue weighted by Gasteiger charge is 2.47. The zero-order valence-corrected chi connectivity index (χ0v) is 22.5. The van der Waals surface area contributed by atoms with Crippen molar-refractivity contribution >= 4 is 11.9 Å². The topological polar surface area (TPSA) is 151 Å².